The minimum Gasteiger partial charge on any atom is -0.486 e. The van der Waals surface area contributed by atoms with Crippen LogP contribution in [0.25, 0.3) is 6.08 Å². The molecule has 1 saturated carbocycles. The lowest BCUT2D eigenvalue weighted by Gasteiger charge is -2.33. The molecule has 8 heteroatoms. The monoisotopic (exact) mass is 376 g/mol. The van der Waals surface area contributed by atoms with E-state index in [1.54, 1.807) is 12.1 Å². The van der Waals surface area contributed by atoms with Gasteiger partial charge in [0.1, 0.15) is 0 Å². The van der Waals surface area contributed by atoms with Crippen molar-refractivity contribution in [2.24, 2.45) is 5.41 Å². The second-order valence-corrected chi connectivity index (χ2v) is 8.01. The molecule has 2 fully saturated rings. The van der Waals surface area contributed by atoms with E-state index in [9.17, 15) is 19.7 Å². The largest absolute Gasteiger partial charge is 0.486 e. The lowest BCUT2D eigenvalue weighted by atomic mass is 9.76. The maximum absolute atomic E-state index is 11.6. The van der Waals surface area contributed by atoms with E-state index in [0.29, 0.717) is 12.2 Å². The Labute approximate surface area is 155 Å². The first kappa shape index (κ1) is 18.4. The number of imide groups is 1. The molecule has 1 heterocycles. The number of benzene rings is 1. The van der Waals surface area contributed by atoms with E-state index in [4.69, 9.17) is 4.74 Å². The Bertz CT molecular complexity index is 784. The molecule has 1 aliphatic heterocycles. The Balaban J connectivity index is 1.79. The molecule has 0 atom stereocenters. The van der Waals surface area contributed by atoms with Gasteiger partial charge in [-0.3, -0.25) is 25.0 Å². The molecule has 7 nitrogen and oxygen atoms in total. The summed E-state index contributed by atoms with van der Waals surface area (Å²) in [5.41, 5.74) is 0.375. The second kappa shape index (κ2) is 7.49. The maximum Gasteiger partial charge on any atom is 0.311 e. The molecule has 2 amide bonds. The number of hydrogen-bond donors (Lipinski definition) is 1. The molecule has 1 aliphatic carbocycles. The van der Waals surface area contributed by atoms with Gasteiger partial charge in [0, 0.05) is 11.5 Å². The molecule has 3 rings (SSSR count). The minimum absolute atomic E-state index is 0.0473. The van der Waals surface area contributed by atoms with Gasteiger partial charge < -0.3 is 4.74 Å². The molecule has 26 heavy (non-hydrogen) atoms. The number of rotatable bonds is 5. The number of carbonyl (C=O) groups excluding carboxylic acids is 2. The number of nitrogens with zero attached hydrogens (tertiary/aromatic N) is 1. The van der Waals surface area contributed by atoms with Gasteiger partial charge in [-0.25, -0.2) is 0 Å². The molecule has 0 aromatic heterocycles. The first-order valence-electron chi connectivity index (χ1n) is 8.52. The van der Waals surface area contributed by atoms with Crippen LogP contribution in [-0.4, -0.2) is 22.7 Å². The van der Waals surface area contributed by atoms with Crippen LogP contribution in [0.15, 0.2) is 23.1 Å². The standard InChI is InChI=1S/C18H20N2O5S/c1-18(7-3-2-4-8-18)11-25-14-6-5-12(9-13(14)20(23)24)10-15-16(21)19-17(22)26-15/h5-6,9-10H,2-4,7-8,11H2,1H3,(H,19,21,22)/b15-10+. The summed E-state index contributed by atoms with van der Waals surface area (Å²) >= 11 is 0.776. The number of amides is 2. The van der Waals surface area contributed by atoms with E-state index < -0.39 is 16.1 Å². The van der Waals surface area contributed by atoms with E-state index in [0.717, 1.165) is 37.4 Å². The summed E-state index contributed by atoms with van der Waals surface area (Å²) in [6, 6.07) is 4.56. The third-order valence-electron chi connectivity index (χ3n) is 4.76. The zero-order valence-corrected chi connectivity index (χ0v) is 15.3. The van der Waals surface area contributed by atoms with Gasteiger partial charge in [-0.05, 0) is 42.3 Å². The predicted molar refractivity (Wildman–Crippen MR) is 98.9 cm³/mol. The van der Waals surface area contributed by atoms with Crippen LogP contribution in [0, 0.1) is 15.5 Å². The Kier molecular flexibility index (Phi) is 5.31. The van der Waals surface area contributed by atoms with Crippen molar-refractivity contribution >= 4 is 34.7 Å². The summed E-state index contributed by atoms with van der Waals surface area (Å²) in [6.07, 6.45) is 7.13. The predicted octanol–water partition coefficient (Wildman–Crippen LogP) is 4.27. The molecule has 0 spiro atoms. The number of hydrogen-bond acceptors (Lipinski definition) is 6. The molecule has 1 aromatic carbocycles. The van der Waals surface area contributed by atoms with Crippen molar-refractivity contribution in [3.05, 3.63) is 38.8 Å². The van der Waals surface area contributed by atoms with Crippen molar-refractivity contribution in [3.63, 3.8) is 0 Å². The molecule has 0 bridgehead atoms. The molecule has 1 N–H and O–H groups in total. The summed E-state index contributed by atoms with van der Waals surface area (Å²) in [7, 11) is 0. The number of nitro benzene ring substituents is 1. The average molecular weight is 376 g/mol. The maximum atomic E-state index is 11.6. The molecule has 0 radical (unpaired) electrons. The molecule has 0 unspecified atom stereocenters. The fourth-order valence-corrected chi connectivity index (χ4v) is 3.95. The van der Waals surface area contributed by atoms with Gasteiger partial charge in [0.2, 0.25) is 0 Å². The van der Waals surface area contributed by atoms with Gasteiger partial charge in [-0.2, -0.15) is 0 Å². The van der Waals surface area contributed by atoms with Gasteiger partial charge in [0.25, 0.3) is 11.1 Å². The highest BCUT2D eigenvalue weighted by molar-refractivity contribution is 8.18. The first-order valence-corrected chi connectivity index (χ1v) is 9.34. The van der Waals surface area contributed by atoms with Crippen molar-refractivity contribution in [1.29, 1.82) is 0 Å². The topological polar surface area (TPSA) is 98.5 Å². The Morgan fingerprint density at radius 2 is 2.04 bits per heavy atom. The lowest BCUT2D eigenvalue weighted by molar-refractivity contribution is -0.386. The van der Waals surface area contributed by atoms with Crippen LogP contribution in [0.5, 0.6) is 5.75 Å². The van der Waals surface area contributed by atoms with Crippen molar-refractivity contribution in [2.45, 2.75) is 39.0 Å². The molecular formula is C18H20N2O5S. The van der Waals surface area contributed by atoms with Crippen LogP contribution in [0.4, 0.5) is 10.5 Å². The smallest absolute Gasteiger partial charge is 0.311 e. The van der Waals surface area contributed by atoms with E-state index in [1.165, 1.54) is 18.6 Å². The summed E-state index contributed by atoms with van der Waals surface area (Å²) in [5, 5.41) is 13.1. The molecule has 2 aliphatic rings. The molecule has 1 saturated heterocycles. The zero-order valence-electron chi connectivity index (χ0n) is 14.4. The third kappa shape index (κ3) is 4.24. The summed E-state index contributed by atoms with van der Waals surface area (Å²) in [5.74, 6) is -0.267. The zero-order chi connectivity index (χ0) is 18.7. The van der Waals surface area contributed by atoms with Crippen LogP contribution in [0.2, 0.25) is 0 Å². The highest BCUT2D eigenvalue weighted by Crippen LogP contribution is 2.38. The van der Waals surface area contributed by atoms with Crippen LogP contribution >= 0.6 is 11.8 Å². The normalized spacial score (nSPS) is 20.9. The van der Waals surface area contributed by atoms with Crippen molar-refractivity contribution < 1.29 is 19.2 Å². The fraction of sp³-hybridized carbons (Fsp3) is 0.444. The highest BCUT2D eigenvalue weighted by Gasteiger charge is 2.29. The Morgan fingerprint density at radius 1 is 1.31 bits per heavy atom. The van der Waals surface area contributed by atoms with Gasteiger partial charge in [0.05, 0.1) is 16.4 Å². The van der Waals surface area contributed by atoms with Gasteiger partial charge >= 0.3 is 5.69 Å². The highest BCUT2D eigenvalue weighted by atomic mass is 32.2. The van der Waals surface area contributed by atoms with Crippen molar-refractivity contribution in [3.8, 4) is 5.75 Å². The van der Waals surface area contributed by atoms with E-state index in [1.807, 2.05) is 0 Å². The summed E-state index contributed by atoms with van der Waals surface area (Å²) < 4.78 is 5.80. The molecule has 138 valence electrons. The Morgan fingerprint density at radius 3 is 2.65 bits per heavy atom. The van der Waals surface area contributed by atoms with Crippen LogP contribution < -0.4 is 10.1 Å². The van der Waals surface area contributed by atoms with Crippen LogP contribution in [0.3, 0.4) is 0 Å². The van der Waals surface area contributed by atoms with Crippen LogP contribution in [0.1, 0.15) is 44.6 Å². The molecular weight excluding hydrogens is 356 g/mol. The minimum atomic E-state index is -0.493. The van der Waals surface area contributed by atoms with E-state index >= 15 is 0 Å². The number of carbonyl (C=O) groups is 2. The first-order chi connectivity index (χ1) is 12.4. The number of nitrogens with one attached hydrogen (secondary N) is 1. The van der Waals surface area contributed by atoms with Crippen molar-refractivity contribution in [2.75, 3.05) is 6.61 Å². The van der Waals surface area contributed by atoms with Gasteiger partial charge in [-0.15, -0.1) is 0 Å². The average Bonchev–Trinajstić information content (AvgIpc) is 2.91. The summed E-state index contributed by atoms with van der Waals surface area (Å²) in [6.45, 7) is 2.60. The number of nitro groups is 1. The quantitative estimate of drug-likeness (QED) is 0.468. The second-order valence-electron chi connectivity index (χ2n) is 7.00. The Hall–Kier alpha value is -2.35. The van der Waals surface area contributed by atoms with E-state index in [2.05, 4.69) is 12.2 Å². The van der Waals surface area contributed by atoms with Crippen molar-refractivity contribution in [1.82, 2.24) is 5.32 Å². The number of thioether (sulfide) groups is 1. The molecule has 1 aromatic rings. The van der Waals surface area contributed by atoms with E-state index in [-0.39, 0.29) is 21.8 Å². The third-order valence-corrected chi connectivity index (χ3v) is 5.57. The SMILES string of the molecule is CC1(COc2ccc(/C=C3/SC(=O)NC3=O)cc2[N+](=O)[O-])CCCCC1. The lowest BCUT2D eigenvalue weighted by Crippen LogP contribution is -2.27. The summed E-state index contributed by atoms with van der Waals surface area (Å²) in [4.78, 5) is 34.0. The van der Waals surface area contributed by atoms with Gasteiger partial charge in [0.15, 0.2) is 5.75 Å². The van der Waals surface area contributed by atoms with Gasteiger partial charge in [-0.1, -0.05) is 32.3 Å². The fourth-order valence-electron chi connectivity index (χ4n) is 3.26. The van der Waals surface area contributed by atoms with Crippen LogP contribution in [-0.2, 0) is 4.79 Å². The number of ether oxygens (including phenoxy) is 1.